The van der Waals surface area contributed by atoms with Crippen LogP contribution in [0.2, 0.25) is 5.02 Å². The molecule has 2 heteroatoms. The first-order valence-corrected chi connectivity index (χ1v) is 6.66. The van der Waals surface area contributed by atoms with Crippen LogP contribution in [0.1, 0.15) is 38.2 Å². The standard InChI is InChI=1S/C14H20ClN/c1-2-11-7-5-9-14(11)16-10-12-6-3-4-8-13(12)15/h3-4,6,8,11,14,16H,2,5,7,9-10H2,1H3. The molecule has 0 radical (unpaired) electrons. The fraction of sp³-hybridized carbons (Fsp3) is 0.571. The van der Waals surface area contributed by atoms with Gasteiger partial charge in [-0.15, -0.1) is 0 Å². The molecule has 1 N–H and O–H groups in total. The fourth-order valence-corrected chi connectivity index (χ4v) is 2.88. The van der Waals surface area contributed by atoms with Crippen LogP contribution in [0.5, 0.6) is 0 Å². The summed E-state index contributed by atoms with van der Waals surface area (Å²) >= 11 is 6.14. The summed E-state index contributed by atoms with van der Waals surface area (Å²) in [4.78, 5) is 0. The molecule has 1 nitrogen and oxygen atoms in total. The Hall–Kier alpha value is -0.530. The van der Waals surface area contributed by atoms with E-state index in [1.54, 1.807) is 0 Å². The molecular weight excluding hydrogens is 218 g/mol. The van der Waals surface area contributed by atoms with Crippen molar-refractivity contribution in [2.45, 2.75) is 45.2 Å². The van der Waals surface area contributed by atoms with Crippen molar-refractivity contribution in [3.8, 4) is 0 Å². The van der Waals surface area contributed by atoms with Crippen LogP contribution in [0.4, 0.5) is 0 Å². The molecule has 2 atom stereocenters. The summed E-state index contributed by atoms with van der Waals surface area (Å²) < 4.78 is 0. The molecule has 0 aliphatic heterocycles. The minimum Gasteiger partial charge on any atom is -0.310 e. The van der Waals surface area contributed by atoms with E-state index in [1.807, 2.05) is 12.1 Å². The monoisotopic (exact) mass is 237 g/mol. The van der Waals surface area contributed by atoms with Gasteiger partial charge in [-0.25, -0.2) is 0 Å². The topological polar surface area (TPSA) is 12.0 Å². The fourth-order valence-electron chi connectivity index (χ4n) is 2.68. The summed E-state index contributed by atoms with van der Waals surface area (Å²) in [5, 5.41) is 4.53. The molecule has 1 aliphatic rings. The van der Waals surface area contributed by atoms with E-state index in [0.29, 0.717) is 6.04 Å². The highest BCUT2D eigenvalue weighted by Crippen LogP contribution is 2.28. The molecule has 0 saturated heterocycles. The van der Waals surface area contributed by atoms with Gasteiger partial charge in [-0.1, -0.05) is 49.6 Å². The summed E-state index contributed by atoms with van der Waals surface area (Å²) in [6.07, 6.45) is 5.37. The lowest BCUT2D eigenvalue weighted by molar-refractivity contribution is 0.389. The number of hydrogen-bond acceptors (Lipinski definition) is 1. The van der Waals surface area contributed by atoms with Gasteiger partial charge in [0.2, 0.25) is 0 Å². The molecule has 1 fully saturated rings. The van der Waals surface area contributed by atoms with Gasteiger partial charge >= 0.3 is 0 Å². The molecule has 16 heavy (non-hydrogen) atoms. The molecule has 1 saturated carbocycles. The van der Waals surface area contributed by atoms with Gasteiger partial charge in [0, 0.05) is 17.6 Å². The van der Waals surface area contributed by atoms with Crippen molar-refractivity contribution in [1.29, 1.82) is 0 Å². The lowest BCUT2D eigenvalue weighted by Crippen LogP contribution is -2.31. The van der Waals surface area contributed by atoms with Gasteiger partial charge in [-0.2, -0.15) is 0 Å². The van der Waals surface area contributed by atoms with E-state index in [4.69, 9.17) is 11.6 Å². The van der Waals surface area contributed by atoms with E-state index >= 15 is 0 Å². The Morgan fingerprint density at radius 1 is 1.31 bits per heavy atom. The van der Waals surface area contributed by atoms with Gasteiger partial charge in [0.15, 0.2) is 0 Å². The smallest absolute Gasteiger partial charge is 0.0450 e. The third-order valence-electron chi connectivity index (χ3n) is 3.70. The van der Waals surface area contributed by atoms with Crippen LogP contribution >= 0.6 is 11.6 Å². The molecule has 1 aromatic rings. The highest BCUT2D eigenvalue weighted by atomic mass is 35.5. The molecule has 0 spiro atoms. The van der Waals surface area contributed by atoms with Gasteiger partial charge in [-0.3, -0.25) is 0 Å². The average molecular weight is 238 g/mol. The van der Waals surface area contributed by atoms with E-state index in [9.17, 15) is 0 Å². The van der Waals surface area contributed by atoms with Crippen molar-refractivity contribution in [3.05, 3.63) is 34.9 Å². The van der Waals surface area contributed by atoms with Crippen molar-refractivity contribution >= 4 is 11.6 Å². The second kappa shape index (κ2) is 5.70. The van der Waals surface area contributed by atoms with Crippen LogP contribution in [-0.2, 0) is 6.54 Å². The summed E-state index contributed by atoms with van der Waals surface area (Å²) in [6.45, 7) is 3.20. The van der Waals surface area contributed by atoms with E-state index in [-0.39, 0.29) is 0 Å². The molecule has 2 unspecified atom stereocenters. The minimum atomic E-state index is 0.696. The van der Waals surface area contributed by atoms with Crippen LogP contribution in [0.3, 0.4) is 0 Å². The zero-order valence-electron chi connectivity index (χ0n) is 9.88. The van der Waals surface area contributed by atoms with Crippen molar-refractivity contribution in [2.24, 2.45) is 5.92 Å². The Balaban J connectivity index is 1.90. The van der Waals surface area contributed by atoms with Crippen molar-refractivity contribution < 1.29 is 0 Å². The maximum Gasteiger partial charge on any atom is 0.0450 e. The van der Waals surface area contributed by atoms with Gasteiger partial charge < -0.3 is 5.32 Å². The van der Waals surface area contributed by atoms with Crippen LogP contribution in [0.25, 0.3) is 0 Å². The highest BCUT2D eigenvalue weighted by Gasteiger charge is 2.24. The zero-order valence-corrected chi connectivity index (χ0v) is 10.6. The summed E-state index contributed by atoms with van der Waals surface area (Å²) in [7, 11) is 0. The molecule has 1 aromatic carbocycles. The van der Waals surface area contributed by atoms with Crippen molar-refractivity contribution in [2.75, 3.05) is 0 Å². The first-order chi connectivity index (χ1) is 7.81. The Morgan fingerprint density at radius 3 is 2.88 bits per heavy atom. The second-order valence-corrected chi connectivity index (χ2v) is 5.09. The SMILES string of the molecule is CCC1CCCC1NCc1ccccc1Cl. The number of rotatable bonds is 4. The number of halogens is 1. The number of hydrogen-bond donors (Lipinski definition) is 1. The Kier molecular flexibility index (Phi) is 4.25. The van der Waals surface area contributed by atoms with Gasteiger partial charge in [0.05, 0.1) is 0 Å². The molecule has 0 bridgehead atoms. The maximum atomic E-state index is 6.14. The Bertz CT molecular complexity index is 337. The summed E-state index contributed by atoms with van der Waals surface area (Å²) in [5.41, 5.74) is 1.21. The lowest BCUT2D eigenvalue weighted by atomic mass is 10.0. The van der Waals surface area contributed by atoms with Gasteiger partial charge in [0.1, 0.15) is 0 Å². The number of nitrogens with one attached hydrogen (secondary N) is 1. The quantitative estimate of drug-likeness (QED) is 0.835. The Morgan fingerprint density at radius 2 is 2.12 bits per heavy atom. The second-order valence-electron chi connectivity index (χ2n) is 4.68. The van der Waals surface area contributed by atoms with Gasteiger partial charge in [0.25, 0.3) is 0 Å². The van der Waals surface area contributed by atoms with Crippen molar-refractivity contribution in [3.63, 3.8) is 0 Å². The van der Waals surface area contributed by atoms with E-state index in [2.05, 4.69) is 24.4 Å². The highest BCUT2D eigenvalue weighted by molar-refractivity contribution is 6.31. The first kappa shape index (κ1) is 11.9. The van der Waals surface area contributed by atoms with Gasteiger partial charge in [-0.05, 0) is 30.4 Å². The first-order valence-electron chi connectivity index (χ1n) is 6.28. The Labute approximate surface area is 103 Å². The number of benzene rings is 1. The largest absolute Gasteiger partial charge is 0.310 e. The normalized spacial score (nSPS) is 24.9. The van der Waals surface area contributed by atoms with Crippen LogP contribution in [0.15, 0.2) is 24.3 Å². The van der Waals surface area contributed by atoms with E-state index in [1.165, 1.54) is 31.2 Å². The van der Waals surface area contributed by atoms with Crippen LogP contribution in [0, 0.1) is 5.92 Å². The maximum absolute atomic E-state index is 6.14. The molecule has 1 aliphatic carbocycles. The molecule has 0 amide bonds. The van der Waals surface area contributed by atoms with E-state index < -0.39 is 0 Å². The third-order valence-corrected chi connectivity index (χ3v) is 4.06. The van der Waals surface area contributed by atoms with Crippen LogP contribution in [-0.4, -0.2) is 6.04 Å². The van der Waals surface area contributed by atoms with Crippen LogP contribution < -0.4 is 5.32 Å². The predicted molar refractivity (Wildman–Crippen MR) is 69.7 cm³/mol. The third kappa shape index (κ3) is 2.78. The summed E-state index contributed by atoms with van der Waals surface area (Å²) in [5.74, 6) is 0.863. The average Bonchev–Trinajstić information content (AvgIpc) is 2.75. The molecule has 2 rings (SSSR count). The summed E-state index contributed by atoms with van der Waals surface area (Å²) in [6, 6.07) is 8.79. The molecule has 0 aromatic heterocycles. The lowest BCUT2D eigenvalue weighted by Gasteiger charge is -2.20. The van der Waals surface area contributed by atoms with Crippen molar-refractivity contribution in [1.82, 2.24) is 5.32 Å². The van der Waals surface area contributed by atoms with E-state index in [0.717, 1.165) is 17.5 Å². The molecule has 88 valence electrons. The predicted octanol–water partition coefficient (Wildman–Crippen LogP) is 4.01. The molecular formula is C14H20ClN. The zero-order chi connectivity index (χ0) is 11.4. The molecule has 0 heterocycles. The minimum absolute atomic E-state index is 0.696.